The molecule has 0 bridgehead atoms. The van der Waals surface area contributed by atoms with Crippen molar-refractivity contribution in [2.75, 3.05) is 43.2 Å². The van der Waals surface area contributed by atoms with Crippen molar-refractivity contribution >= 4 is 40.6 Å². The van der Waals surface area contributed by atoms with E-state index in [4.69, 9.17) is 20.6 Å². The zero-order valence-corrected chi connectivity index (χ0v) is 19.0. The maximum absolute atomic E-state index is 13.0. The molecule has 2 unspecified atom stereocenters. The molecule has 2 aliphatic heterocycles. The maximum atomic E-state index is 13.0. The third-order valence-electron chi connectivity index (χ3n) is 5.50. The van der Waals surface area contributed by atoms with Crippen molar-refractivity contribution in [3.63, 3.8) is 0 Å². The molecule has 3 heterocycles. The van der Waals surface area contributed by atoms with Crippen LogP contribution in [0.15, 0.2) is 30.3 Å². The van der Waals surface area contributed by atoms with Gasteiger partial charge >= 0.3 is 6.09 Å². The third kappa shape index (κ3) is 4.71. The van der Waals surface area contributed by atoms with Crippen LogP contribution in [0.2, 0.25) is 0 Å². The summed E-state index contributed by atoms with van der Waals surface area (Å²) in [6, 6.07) is 8.13. The summed E-state index contributed by atoms with van der Waals surface area (Å²) in [7, 11) is 1.42. The van der Waals surface area contributed by atoms with Crippen molar-refractivity contribution in [2.45, 2.75) is 19.1 Å². The lowest BCUT2D eigenvalue weighted by molar-refractivity contribution is -0.126. The van der Waals surface area contributed by atoms with Crippen molar-refractivity contribution in [1.82, 2.24) is 5.32 Å². The predicted octanol–water partition coefficient (Wildman–Crippen LogP) is 1.92. The summed E-state index contributed by atoms with van der Waals surface area (Å²) in [6.45, 7) is 3.11. The molecule has 2 aromatic rings. The number of nitrogens with one attached hydrogen (secondary N) is 1. The SMILES string of the molecule is C#Cc1ccc(OC(=O)NC2CN(c3ccc(N4CCOCC4=O)c(C)c3)C(=O)C2OC)s1. The lowest BCUT2D eigenvalue weighted by Gasteiger charge is -2.29. The van der Waals surface area contributed by atoms with Gasteiger partial charge in [-0.05, 0) is 42.8 Å². The summed E-state index contributed by atoms with van der Waals surface area (Å²) in [6.07, 6.45) is 3.78. The zero-order valence-electron chi connectivity index (χ0n) is 18.2. The van der Waals surface area contributed by atoms with Crippen LogP contribution in [-0.4, -0.2) is 63.5 Å². The molecule has 3 amide bonds. The number of hydrogen-bond acceptors (Lipinski definition) is 7. The lowest BCUT2D eigenvalue weighted by atomic mass is 10.1. The molecule has 9 nitrogen and oxygen atoms in total. The molecule has 2 saturated heterocycles. The number of thiophene rings is 1. The number of carbonyl (C=O) groups is 3. The molecule has 10 heteroatoms. The van der Waals surface area contributed by atoms with Crippen LogP contribution in [0, 0.1) is 19.3 Å². The molecule has 172 valence electrons. The monoisotopic (exact) mass is 469 g/mol. The standard InChI is InChI=1S/C23H23N3O6S/c1-4-16-6-8-20(33-16)32-23(29)24-17-12-26(22(28)21(17)30-3)15-5-7-18(14(2)11-15)25-9-10-31-13-19(25)27/h1,5-8,11,17,21H,9-10,12-13H2,2-3H3,(H,24,29). The first-order valence-corrected chi connectivity index (χ1v) is 11.1. The van der Waals surface area contributed by atoms with Gasteiger partial charge in [-0.1, -0.05) is 17.3 Å². The van der Waals surface area contributed by atoms with Gasteiger partial charge in [0.05, 0.1) is 17.5 Å². The molecule has 0 spiro atoms. The molecule has 1 N–H and O–H groups in total. The number of aryl methyl sites for hydroxylation is 1. The lowest BCUT2D eigenvalue weighted by Crippen LogP contribution is -2.45. The zero-order chi connectivity index (χ0) is 23.5. The largest absolute Gasteiger partial charge is 0.413 e. The number of anilines is 2. The van der Waals surface area contributed by atoms with Crippen LogP contribution in [0.1, 0.15) is 10.4 Å². The molecule has 2 aliphatic rings. The van der Waals surface area contributed by atoms with Crippen LogP contribution in [0.4, 0.5) is 16.2 Å². The highest BCUT2D eigenvalue weighted by Crippen LogP contribution is 2.30. The Kier molecular flexibility index (Phi) is 6.65. The minimum absolute atomic E-state index is 0.0558. The van der Waals surface area contributed by atoms with E-state index in [0.29, 0.717) is 28.8 Å². The minimum atomic E-state index is -0.858. The first-order valence-electron chi connectivity index (χ1n) is 10.3. The minimum Gasteiger partial charge on any atom is -0.399 e. The highest BCUT2D eigenvalue weighted by molar-refractivity contribution is 7.14. The van der Waals surface area contributed by atoms with Gasteiger partial charge in [0, 0.05) is 31.6 Å². The highest BCUT2D eigenvalue weighted by Gasteiger charge is 2.42. The number of methoxy groups -OCH3 is 1. The average molecular weight is 470 g/mol. The number of ether oxygens (including phenoxy) is 3. The molecule has 4 rings (SSSR count). The van der Waals surface area contributed by atoms with Crippen molar-refractivity contribution in [1.29, 1.82) is 0 Å². The summed E-state index contributed by atoms with van der Waals surface area (Å²) < 4.78 is 15.8. The fourth-order valence-corrected chi connectivity index (χ4v) is 4.60. The van der Waals surface area contributed by atoms with Gasteiger partial charge in [0.15, 0.2) is 11.2 Å². The predicted molar refractivity (Wildman–Crippen MR) is 123 cm³/mol. The Morgan fingerprint density at radius 2 is 2.09 bits per heavy atom. The molecular weight excluding hydrogens is 446 g/mol. The summed E-state index contributed by atoms with van der Waals surface area (Å²) in [5, 5.41) is 3.07. The second kappa shape index (κ2) is 9.62. The summed E-state index contributed by atoms with van der Waals surface area (Å²) >= 11 is 1.17. The molecule has 0 aliphatic carbocycles. The second-order valence-corrected chi connectivity index (χ2v) is 8.62. The van der Waals surface area contributed by atoms with Crippen molar-refractivity contribution < 1.29 is 28.6 Å². The first-order chi connectivity index (χ1) is 15.9. The maximum Gasteiger partial charge on any atom is 0.413 e. The van der Waals surface area contributed by atoms with Crippen molar-refractivity contribution in [2.24, 2.45) is 0 Å². The van der Waals surface area contributed by atoms with Crippen LogP contribution in [0.5, 0.6) is 5.06 Å². The van der Waals surface area contributed by atoms with E-state index in [1.54, 1.807) is 28.0 Å². The van der Waals surface area contributed by atoms with E-state index in [-0.39, 0.29) is 25.0 Å². The first kappa shape index (κ1) is 22.8. The van der Waals surface area contributed by atoms with Crippen molar-refractivity contribution in [3.05, 3.63) is 40.8 Å². The number of carbonyl (C=O) groups excluding carboxylic acids is 3. The van der Waals surface area contributed by atoms with Gasteiger partial charge in [-0.15, -0.1) is 6.42 Å². The molecule has 0 saturated carbocycles. The van der Waals surface area contributed by atoms with E-state index < -0.39 is 18.2 Å². The topological polar surface area (TPSA) is 97.4 Å². The van der Waals surface area contributed by atoms with Crippen LogP contribution >= 0.6 is 11.3 Å². The van der Waals surface area contributed by atoms with E-state index >= 15 is 0 Å². The molecule has 1 aromatic heterocycles. The van der Waals surface area contributed by atoms with Gasteiger partial charge in [0.1, 0.15) is 6.61 Å². The van der Waals surface area contributed by atoms with Gasteiger partial charge in [0.25, 0.3) is 11.8 Å². The second-order valence-electron chi connectivity index (χ2n) is 7.58. The normalized spacial score (nSPS) is 20.6. The fourth-order valence-electron chi connectivity index (χ4n) is 3.94. The summed E-state index contributed by atoms with van der Waals surface area (Å²) in [5.74, 6) is 2.10. The molecule has 33 heavy (non-hydrogen) atoms. The number of morpholine rings is 1. The van der Waals surface area contributed by atoms with Crippen LogP contribution in [-0.2, 0) is 19.1 Å². The smallest absolute Gasteiger partial charge is 0.399 e. The molecule has 1 aromatic carbocycles. The Labute approximate surface area is 195 Å². The molecular formula is C23H23N3O6S. The summed E-state index contributed by atoms with van der Waals surface area (Å²) in [4.78, 5) is 41.4. The average Bonchev–Trinajstić information content (AvgIpc) is 3.37. The number of terminal acetylenes is 1. The number of benzene rings is 1. The third-order valence-corrected chi connectivity index (χ3v) is 6.39. The molecule has 2 atom stereocenters. The Balaban J connectivity index is 1.47. The van der Waals surface area contributed by atoms with E-state index in [1.807, 2.05) is 19.1 Å². The van der Waals surface area contributed by atoms with Gasteiger partial charge in [-0.3, -0.25) is 9.59 Å². The van der Waals surface area contributed by atoms with Crippen LogP contribution in [0.25, 0.3) is 0 Å². The van der Waals surface area contributed by atoms with Gasteiger partial charge < -0.3 is 29.3 Å². The number of rotatable bonds is 5. The summed E-state index contributed by atoms with van der Waals surface area (Å²) in [5.41, 5.74) is 2.28. The number of nitrogens with zero attached hydrogens (tertiary/aromatic N) is 2. The molecule has 2 fully saturated rings. The molecule has 0 radical (unpaired) electrons. The van der Waals surface area contributed by atoms with E-state index in [2.05, 4.69) is 11.2 Å². The Morgan fingerprint density at radius 3 is 2.76 bits per heavy atom. The van der Waals surface area contributed by atoms with Crippen LogP contribution < -0.4 is 19.9 Å². The number of hydrogen-bond donors (Lipinski definition) is 1. The van der Waals surface area contributed by atoms with E-state index in [9.17, 15) is 14.4 Å². The Hall–Kier alpha value is -3.39. The number of amides is 3. The van der Waals surface area contributed by atoms with Gasteiger partial charge in [0.2, 0.25) is 0 Å². The van der Waals surface area contributed by atoms with Crippen molar-refractivity contribution in [3.8, 4) is 17.4 Å². The highest BCUT2D eigenvalue weighted by atomic mass is 32.1. The van der Waals surface area contributed by atoms with E-state index in [0.717, 1.165) is 11.3 Å². The Morgan fingerprint density at radius 1 is 1.27 bits per heavy atom. The van der Waals surface area contributed by atoms with Gasteiger partial charge in [-0.2, -0.15) is 0 Å². The van der Waals surface area contributed by atoms with E-state index in [1.165, 1.54) is 18.4 Å². The Bertz CT molecular complexity index is 1120. The fraction of sp³-hybridized carbons (Fsp3) is 0.348. The van der Waals surface area contributed by atoms with Gasteiger partial charge in [-0.25, -0.2) is 4.79 Å². The van der Waals surface area contributed by atoms with Crippen LogP contribution in [0.3, 0.4) is 0 Å². The quantitative estimate of drug-likeness (QED) is 0.672.